The number of carbonyl (C=O) groups excluding carboxylic acids is 3. The Morgan fingerprint density at radius 1 is 1.09 bits per heavy atom. The molecule has 2 N–H and O–H groups in total. The highest BCUT2D eigenvalue weighted by atomic mass is 79.9. The molecule has 0 bridgehead atoms. The van der Waals surface area contributed by atoms with E-state index in [1.165, 1.54) is 11.0 Å². The number of likely N-dealkylation sites (N-methyl/N-ethyl adjacent to an activating group) is 1. The van der Waals surface area contributed by atoms with Crippen LogP contribution in [0.1, 0.15) is 34.1 Å². The minimum absolute atomic E-state index is 0. The van der Waals surface area contributed by atoms with Crippen LogP contribution in [0.25, 0.3) is 11.7 Å². The molecule has 0 radical (unpaired) electrons. The number of imidazole rings is 1. The van der Waals surface area contributed by atoms with Gasteiger partial charge in [0, 0.05) is 42.0 Å². The van der Waals surface area contributed by atoms with Gasteiger partial charge in [0.25, 0.3) is 5.91 Å². The number of halogens is 4. The third kappa shape index (κ3) is 8.08. The molecule has 9 nitrogen and oxygen atoms in total. The lowest BCUT2D eigenvalue weighted by atomic mass is 10.1. The molecule has 0 aliphatic rings. The van der Waals surface area contributed by atoms with Crippen molar-refractivity contribution in [1.82, 2.24) is 20.0 Å². The standard InChI is InChI=1S/C30H28BrCl2N5O4.ClH/c1-4-34-30(41)20-10-7-19(8-11-20)9-14-25(39)35-16-26(40)37(3)23-13-12-22(32)21(27(23)33)17-42-24-6-5-15-38-28(31)18(2)36-29(24)38;/h5-15H,4,16-17H2,1-3H3,(H,34,41)(H,35,39);1H/b14-9+;. The van der Waals surface area contributed by atoms with E-state index in [9.17, 15) is 14.4 Å². The molecule has 226 valence electrons. The molecule has 0 atom stereocenters. The molecule has 13 heteroatoms. The van der Waals surface area contributed by atoms with Gasteiger partial charge < -0.3 is 20.3 Å². The highest BCUT2D eigenvalue weighted by Crippen LogP contribution is 2.35. The number of aromatic nitrogens is 2. The Hall–Kier alpha value is -3.57. The molecule has 2 heterocycles. The number of pyridine rings is 1. The fraction of sp³-hybridized carbons (Fsp3) is 0.200. The van der Waals surface area contributed by atoms with Gasteiger partial charge in [-0.3, -0.25) is 18.8 Å². The summed E-state index contributed by atoms with van der Waals surface area (Å²) in [7, 11) is 1.56. The summed E-state index contributed by atoms with van der Waals surface area (Å²) in [5, 5.41) is 5.95. The maximum atomic E-state index is 12.9. The van der Waals surface area contributed by atoms with E-state index in [0.717, 1.165) is 15.9 Å². The number of carbonyl (C=O) groups is 3. The number of aryl methyl sites for hydroxylation is 1. The number of anilines is 1. The number of ether oxygens (including phenoxy) is 1. The highest BCUT2D eigenvalue weighted by Gasteiger charge is 2.20. The smallest absolute Gasteiger partial charge is 0.251 e. The summed E-state index contributed by atoms with van der Waals surface area (Å²) in [6.45, 7) is 4.06. The number of nitrogens with one attached hydrogen (secondary N) is 2. The Kier molecular flexibility index (Phi) is 12.0. The van der Waals surface area contributed by atoms with Gasteiger partial charge in [0.15, 0.2) is 11.4 Å². The van der Waals surface area contributed by atoms with Crippen molar-refractivity contribution in [2.24, 2.45) is 0 Å². The minimum Gasteiger partial charge on any atom is -0.485 e. The molecule has 2 aromatic heterocycles. The Morgan fingerprint density at radius 2 is 1.81 bits per heavy atom. The molecule has 0 aliphatic carbocycles. The summed E-state index contributed by atoms with van der Waals surface area (Å²) in [4.78, 5) is 43.0. The van der Waals surface area contributed by atoms with Crippen molar-refractivity contribution in [2.75, 3.05) is 25.0 Å². The van der Waals surface area contributed by atoms with E-state index in [1.54, 1.807) is 55.6 Å². The summed E-state index contributed by atoms with van der Waals surface area (Å²) in [6, 6.07) is 13.7. The molecule has 0 saturated carbocycles. The first-order valence-corrected chi connectivity index (χ1v) is 14.5. The fourth-order valence-electron chi connectivity index (χ4n) is 4.02. The Balaban J connectivity index is 0.00000506. The summed E-state index contributed by atoms with van der Waals surface area (Å²) in [5.41, 5.74) is 3.64. The van der Waals surface area contributed by atoms with Gasteiger partial charge in [-0.15, -0.1) is 12.4 Å². The Bertz CT molecular complexity index is 1670. The molecule has 0 unspecified atom stereocenters. The number of fused-ring (bicyclic) bond motifs is 1. The van der Waals surface area contributed by atoms with Gasteiger partial charge in [-0.25, -0.2) is 4.98 Å². The monoisotopic (exact) mass is 707 g/mol. The molecular formula is C30H29BrCl3N5O4. The average Bonchev–Trinajstić information content (AvgIpc) is 3.28. The summed E-state index contributed by atoms with van der Waals surface area (Å²) >= 11 is 16.6. The first-order valence-electron chi connectivity index (χ1n) is 12.9. The SMILES string of the molecule is CCNC(=O)c1ccc(/C=C/C(=O)NCC(=O)N(C)c2ccc(Cl)c(COc3cccn4c(Br)c(C)nc34)c2Cl)cc1.Cl. The molecular weight excluding hydrogens is 681 g/mol. The van der Waals surface area contributed by atoms with E-state index < -0.39 is 5.91 Å². The van der Waals surface area contributed by atoms with E-state index in [1.807, 2.05) is 30.5 Å². The van der Waals surface area contributed by atoms with Crippen LogP contribution in [0, 0.1) is 6.92 Å². The van der Waals surface area contributed by atoms with Crippen LogP contribution >= 0.6 is 51.5 Å². The number of nitrogens with zero attached hydrogens (tertiary/aromatic N) is 3. The van der Waals surface area contributed by atoms with E-state index in [4.69, 9.17) is 27.9 Å². The van der Waals surface area contributed by atoms with Crippen molar-refractivity contribution in [2.45, 2.75) is 20.5 Å². The van der Waals surface area contributed by atoms with Crippen molar-refractivity contribution < 1.29 is 19.1 Å². The molecule has 0 fully saturated rings. The quantitative estimate of drug-likeness (QED) is 0.190. The lowest BCUT2D eigenvalue weighted by Gasteiger charge is -2.21. The zero-order valence-corrected chi connectivity index (χ0v) is 27.4. The molecule has 0 saturated heterocycles. The van der Waals surface area contributed by atoms with E-state index in [-0.39, 0.29) is 42.4 Å². The number of benzene rings is 2. The summed E-state index contributed by atoms with van der Waals surface area (Å²) in [5.74, 6) is -0.455. The molecule has 0 spiro atoms. The summed E-state index contributed by atoms with van der Waals surface area (Å²) in [6.07, 6.45) is 4.78. The van der Waals surface area contributed by atoms with Crippen molar-refractivity contribution in [3.8, 4) is 5.75 Å². The maximum absolute atomic E-state index is 12.9. The van der Waals surface area contributed by atoms with Gasteiger partial charge in [0.2, 0.25) is 11.8 Å². The average molecular weight is 710 g/mol. The van der Waals surface area contributed by atoms with Crippen LogP contribution in [0.15, 0.2) is 65.4 Å². The van der Waals surface area contributed by atoms with Crippen molar-refractivity contribution in [3.63, 3.8) is 0 Å². The van der Waals surface area contributed by atoms with Gasteiger partial charge in [-0.2, -0.15) is 0 Å². The van der Waals surface area contributed by atoms with Crippen LogP contribution in [-0.2, 0) is 16.2 Å². The number of hydrogen-bond donors (Lipinski definition) is 2. The van der Waals surface area contributed by atoms with Crippen LogP contribution in [0.2, 0.25) is 10.0 Å². The number of rotatable bonds is 10. The summed E-state index contributed by atoms with van der Waals surface area (Å²) < 4.78 is 8.74. The van der Waals surface area contributed by atoms with Gasteiger partial charge in [-0.1, -0.05) is 35.3 Å². The maximum Gasteiger partial charge on any atom is 0.251 e. The normalized spacial score (nSPS) is 10.8. The van der Waals surface area contributed by atoms with Gasteiger partial charge >= 0.3 is 0 Å². The third-order valence-corrected chi connectivity index (χ3v) is 8.07. The van der Waals surface area contributed by atoms with Crippen LogP contribution in [0.3, 0.4) is 0 Å². The Labute approximate surface area is 273 Å². The Morgan fingerprint density at radius 3 is 2.51 bits per heavy atom. The van der Waals surface area contributed by atoms with Gasteiger partial charge in [0.05, 0.1) is 22.9 Å². The van der Waals surface area contributed by atoms with Crippen LogP contribution in [0.4, 0.5) is 5.69 Å². The second-order valence-electron chi connectivity index (χ2n) is 9.19. The second kappa shape index (κ2) is 15.2. The van der Waals surface area contributed by atoms with Crippen molar-refractivity contribution in [1.29, 1.82) is 0 Å². The van der Waals surface area contributed by atoms with Gasteiger partial charge in [-0.05, 0) is 77.8 Å². The van der Waals surface area contributed by atoms with Gasteiger partial charge in [0.1, 0.15) is 11.2 Å². The molecule has 43 heavy (non-hydrogen) atoms. The molecule has 2 aromatic carbocycles. The number of amides is 3. The fourth-order valence-corrected chi connectivity index (χ4v) is 5.00. The first kappa shape index (κ1) is 33.9. The number of hydrogen-bond acceptors (Lipinski definition) is 5. The van der Waals surface area contributed by atoms with E-state index >= 15 is 0 Å². The zero-order chi connectivity index (χ0) is 30.4. The van der Waals surface area contributed by atoms with Crippen LogP contribution < -0.4 is 20.3 Å². The zero-order valence-electron chi connectivity index (χ0n) is 23.5. The predicted molar refractivity (Wildman–Crippen MR) is 176 cm³/mol. The lowest BCUT2D eigenvalue weighted by Crippen LogP contribution is -2.37. The third-order valence-electron chi connectivity index (χ3n) is 6.34. The van der Waals surface area contributed by atoms with Crippen LogP contribution in [0.5, 0.6) is 5.75 Å². The van der Waals surface area contributed by atoms with Crippen molar-refractivity contribution in [3.05, 3.63) is 97.8 Å². The minimum atomic E-state index is -0.448. The molecule has 3 amide bonds. The molecule has 4 rings (SSSR count). The largest absolute Gasteiger partial charge is 0.485 e. The first-order chi connectivity index (χ1) is 20.1. The highest BCUT2D eigenvalue weighted by molar-refractivity contribution is 9.10. The van der Waals surface area contributed by atoms with E-state index in [2.05, 4.69) is 31.5 Å². The van der Waals surface area contributed by atoms with E-state index in [0.29, 0.717) is 39.8 Å². The van der Waals surface area contributed by atoms with Crippen molar-refractivity contribution >= 4 is 86.7 Å². The topological polar surface area (TPSA) is 105 Å². The van der Waals surface area contributed by atoms with Crippen LogP contribution in [-0.4, -0.2) is 47.2 Å². The second-order valence-corrected chi connectivity index (χ2v) is 10.7. The molecule has 4 aromatic rings. The lowest BCUT2D eigenvalue weighted by molar-refractivity contribution is -0.122. The molecule has 0 aliphatic heterocycles. The predicted octanol–water partition coefficient (Wildman–Crippen LogP) is 6.25.